The Morgan fingerprint density at radius 2 is 1.88 bits per heavy atom. The van der Waals surface area contributed by atoms with Crippen LogP contribution < -0.4 is 9.64 Å². The zero-order chi connectivity index (χ0) is 19.1. The van der Waals surface area contributed by atoms with Gasteiger partial charge in [-0.3, -0.25) is 4.79 Å². The van der Waals surface area contributed by atoms with Gasteiger partial charge in [0.1, 0.15) is 5.75 Å². The molecule has 1 aliphatic rings. The first-order valence-corrected chi connectivity index (χ1v) is 8.39. The van der Waals surface area contributed by atoms with Gasteiger partial charge in [-0.15, -0.1) is 13.2 Å². The molecule has 0 saturated carbocycles. The highest BCUT2D eigenvalue weighted by Crippen LogP contribution is 2.43. The van der Waals surface area contributed by atoms with Crippen LogP contribution in [0, 0.1) is 6.92 Å². The van der Waals surface area contributed by atoms with Crippen LogP contribution in [0.15, 0.2) is 42.5 Å². The van der Waals surface area contributed by atoms with E-state index in [2.05, 4.69) is 17.4 Å². The molecule has 2 radical (unpaired) electrons. The molecule has 8 heteroatoms. The van der Waals surface area contributed by atoms with Gasteiger partial charge < -0.3 is 9.64 Å². The summed E-state index contributed by atoms with van der Waals surface area (Å²) >= 11 is 4.55. The van der Waals surface area contributed by atoms with E-state index in [9.17, 15) is 18.0 Å². The molecule has 1 aliphatic heterocycles. The predicted octanol–water partition coefficient (Wildman–Crippen LogP) is 4.48. The highest BCUT2D eigenvalue weighted by Gasteiger charge is 2.33. The van der Waals surface area contributed by atoms with Gasteiger partial charge in [0.05, 0.1) is 7.85 Å². The maximum absolute atomic E-state index is 12.9. The van der Waals surface area contributed by atoms with E-state index < -0.39 is 6.36 Å². The second kappa shape index (κ2) is 6.91. The van der Waals surface area contributed by atoms with Crippen LogP contribution in [0.1, 0.15) is 26.7 Å². The molecule has 2 aromatic rings. The molecule has 2 atom stereocenters. The van der Waals surface area contributed by atoms with E-state index in [1.54, 1.807) is 0 Å². The molecule has 0 N–H and O–H groups in total. The summed E-state index contributed by atoms with van der Waals surface area (Å²) in [4.78, 5) is 14.4. The minimum Gasteiger partial charge on any atom is -0.406 e. The Bertz CT molecular complexity index is 826. The molecule has 3 nitrogen and oxygen atoms in total. The average molecular weight is 377 g/mol. The van der Waals surface area contributed by atoms with E-state index in [1.807, 2.05) is 25.1 Å². The van der Waals surface area contributed by atoms with Gasteiger partial charge >= 0.3 is 6.36 Å². The predicted molar refractivity (Wildman–Crippen MR) is 97.2 cm³/mol. The first kappa shape index (κ1) is 18.7. The molecule has 1 heterocycles. The van der Waals surface area contributed by atoms with Gasteiger partial charge in [-0.2, -0.15) is 12.6 Å². The highest BCUT2D eigenvalue weighted by atomic mass is 32.1. The number of aryl methyl sites for hydroxylation is 1. The van der Waals surface area contributed by atoms with Crippen molar-refractivity contribution in [3.8, 4) is 5.75 Å². The quantitative estimate of drug-likeness (QED) is 0.618. The molecule has 0 aliphatic carbocycles. The monoisotopic (exact) mass is 377 g/mol. The average Bonchev–Trinajstić information content (AvgIpc) is 2.57. The number of thiol groups is 1. The molecule has 0 fully saturated rings. The molecule has 26 heavy (non-hydrogen) atoms. The Labute approximate surface area is 156 Å². The van der Waals surface area contributed by atoms with Gasteiger partial charge in [-0.1, -0.05) is 17.7 Å². The Morgan fingerprint density at radius 3 is 2.50 bits per heavy atom. The number of carbonyl (C=O) groups is 1. The summed E-state index contributed by atoms with van der Waals surface area (Å²) in [5, 5.41) is -0.198. The zero-order valence-corrected chi connectivity index (χ0v) is 14.7. The van der Waals surface area contributed by atoms with Gasteiger partial charge in [0.2, 0.25) is 0 Å². The van der Waals surface area contributed by atoms with E-state index in [4.69, 9.17) is 7.85 Å². The third kappa shape index (κ3) is 3.85. The van der Waals surface area contributed by atoms with Crippen molar-refractivity contribution in [3.63, 3.8) is 0 Å². The minimum absolute atomic E-state index is 0.198. The van der Waals surface area contributed by atoms with Crippen molar-refractivity contribution in [3.05, 3.63) is 59.2 Å². The number of carbonyl (C=O) groups excluding carboxylic acids is 1. The fourth-order valence-electron chi connectivity index (χ4n) is 2.94. The minimum atomic E-state index is -4.77. The summed E-state index contributed by atoms with van der Waals surface area (Å²) < 4.78 is 40.6. The molecule has 134 valence electrons. The second-order valence-corrected chi connectivity index (χ2v) is 6.72. The van der Waals surface area contributed by atoms with Gasteiger partial charge in [0.25, 0.3) is 5.91 Å². The third-order valence-corrected chi connectivity index (χ3v) is 4.83. The topological polar surface area (TPSA) is 29.5 Å². The Balaban J connectivity index is 1.89. The van der Waals surface area contributed by atoms with Crippen LogP contribution in [-0.4, -0.2) is 26.7 Å². The lowest BCUT2D eigenvalue weighted by molar-refractivity contribution is -0.274. The number of hydrogen-bond acceptors (Lipinski definition) is 3. The summed E-state index contributed by atoms with van der Waals surface area (Å²) in [6.07, 6.45) is -4.77. The van der Waals surface area contributed by atoms with Crippen LogP contribution in [0.4, 0.5) is 18.9 Å². The van der Waals surface area contributed by atoms with Crippen LogP contribution in [0.5, 0.6) is 5.75 Å². The summed E-state index contributed by atoms with van der Waals surface area (Å²) in [6.45, 7) is 2.20. The number of halogens is 3. The van der Waals surface area contributed by atoms with E-state index >= 15 is 0 Å². The molecule has 2 aromatic carbocycles. The Kier molecular flexibility index (Phi) is 4.97. The first-order chi connectivity index (χ1) is 12.2. The van der Waals surface area contributed by atoms with E-state index in [1.165, 1.54) is 17.0 Å². The number of rotatable bonds is 2. The van der Waals surface area contributed by atoms with E-state index in [0.29, 0.717) is 5.69 Å². The SMILES string of the molecule is [B]C1CN(C(=O)c2ccc(OC(F)(F)F)cc2)c2ccc(C)cc2[C@@H]1S. The molecule has 1 unspecified atom stereocenters. The van der Waals surface area contributed by atoms with Crippen molar-refractivity contribution >= 4 is 32.1 Å². The van der Waals surface area contributed by atoms with Crippen LogP contribution in [0.2, 0.25) is 5.82 Å². The lowest BCUT2D eigenvalue weighted by Gasteiger charge is -2.37. The van der Waals surface area contributed by atoms with Crippen LogP contribution in [0.3, 0.4) is 0 Å². The number of amides is 1. The Hall–Kier alpha value is -2.09. The van der Waals surface area contributed by atoms with E-state index in [0.717, 1.165) is 23.3 Å². The summed E-state index contributed by atoms with van der Waals surface area (Å²) in [5.74, 6) is -1.08. The van der Waals surface area contributed by atoms with Gasteiger partial charge in [0, 0.05) is 23.0 Å². The molecule has 0 saturated heterocycles. The van der Waals surface area contributed by atoms with Crippen molar-refractivity contribution < 1.29 is 22.7 Å². The number of ether oxygens (including phenoxy) is 1. The first-order valence-electron chi connectivity index (χ1n) is 7.87. The lowest BCUT2D eigenvalue weighted by Crippen LogP contribution is -2.39. The van der Waals surface area contributed by atoms with Gasteiger partial charge in [0.15, 0.2) is 0 Å². The smallest absolute Gasteiger partial charge is 0.406 e. The van der Waals surface area contributed by atoms with Crippen LogP contribution in [0.25, 0.3) is 0 Å². The number of alkyl halides is 3. The maximum Gasteiger partial charge on any atom is 0.573 e. The molecule has 0 bridgehead atoms. The molecule has 0 spiro atoms. The fourth-order valence-corrected chi connectivity index (χ4v) is 3.24. The van der Waals surface area contributed by atoms with Crippen molar-refractivity contribution in [1.82, 2.24) is 0 Å². The van der Waals surface area contributed by atoms with Gasteiger partial charge in [-0.25, -0.2) is 0 Å². The summed E-state index contributed by atoms with van der Waals surface area (Å²) in [7, 11) is 6.13. The molecular weight excluding hydrogens is 362 g/mol. The fraction of sp³-hybridized carbons (Fsp3) is 0.278. The number of fused-ring (bicyclic) bond motifs is 1. The van der Waals surface area contributed by atoms with Crippen molar-refractivity contribution in [2.75, 3.05) is 11.4 Å². The number of anilines is 1. The third-order valence-electron chi connectivity index (χ3n) is 4.17. The number of hydrogen-bond donors (Lipinski definition) is 1. The molecule has 1 amide bonds. The lowest BCUT2D eigenvalue weighted by atomic mass is 9.77. The van der Waals surface area contributed by atoms with E-state index in [-0.39, 0.29) is 34.8 Å². The second-order valence-electron chi connectivity index (χ2n) is 6.16. The highest BCUT2D eigenvalue weighted by molar-refractivity contribution is 7.80. The number of nitrogens with zero attached hydrogens (tertiary/aromatic N) is 1. The maximum atomic E-state index is 12.9. The standard InChI is InChI=1S/C18H15BF3NO2S/c1-10-2-7-15-13(8-10)16(26)14(19)9-23(15)17(24)11-3-5-12(6-4-11)25-18(20,21)22/h2-8,14,16,26H,9H2,1H3/t14?,16-/m0/s1. The van der Waals surface area contributed by atoms with Gasteiger partial charge in [-0.05, 0) is 48.6 Å². The summed E-state index contributed by atoms with van der Waals surface area (Å²) in [6, 6.07) is 10.5. The normalized spacial score (nSPS) is 19.8. The van der Waals surface area contributed by atoms with Crippen LogP contribution >= 0.6 is 12.6 Å². The molecular formula is C18H15BF3NO2S. The molecule has 3 rings (SSSR count). The van der Waals surface area contributed by atoms with Crippen molar-refractivity contribution in [1.29, 1.82) is 0 Å². The van der Waals surface area contributed by atoms with Crippen LogP contribution in [-0.2, 0) is 0 Å². The summed E-state index contributed by atoms with van der Waals surface area (Å²) in [5.41, 5.74) is 2.84. The Morgan fingerprint density at radius 1 is 1.23 bits per heavy atom. The van der Waals surface area contributed by atoms with Crippen molar-refractivity contribution in [2.24, 2.45) is 0 Å². The number of benzene rings is 2. The molecule has 0 aromatic heterocycles. The zero-order valence-electron chi connectivity index (χ0n) is 13.8. The van der Waals surface area contributed by atoms with Crippen molar-refractivity contribution in [2.45, 2.75) is 24.4 Å². The largest absolute Gasteiger partial charge is 0.573 e.